The van der Waals surface area contributed by atoms with Crippen LogP contribution in [0.25, 0.3) is 21.0 Å². The van der Waals surface area contributed by atoms with E-state index in [1.54, 1.807) is 24.5 Å². The summed E-state index contributed by atoms with van der Waals surface area (Å²) in [6.07, 6.45) is 7.19. The molecule has 1 aliphatic carbocycles. The van der Waals surface area contributed by atoms with E-state index in [1.165, 1.54) is 15.8 Å². The van der Waals surface area contributed by atoms with Gasteiger partial charge in [0.25, 0.3) is 11.5 Å². The molecule has 0 fully saturated rings. The summed E-state index contributed by atoms with van der Waals surface area (Å²) in [4.78, 5) is 32.7. The highest BCUT2D eigenvalue weighted by Gasteiger charge is 2.23. The minimum Gasteiger partial charge on any atom is -0.493 e. The number of fused-ring (bicyclic) bond motifs is 4. The summed E-state index contributed by atoms with van der Waals surface area (Å²) in [6.45, 7) is 4.13. The smallest absolute Gasteiger partial charge is 0.263 e. The summed E-state index contributed by atoms with van der Waals surface area (Å²) in [7, 11) is 0. The fourth-order valence-electron chi connectivity index (χ4n) is 4.51. The van der Waals surface area contributed by atoms with Crippen LogP contribution in [0.5, 0.6) is 5.75 Å². The van der Waals surface area contributed by atoms with E-state index in [2.05, 4.69) is 15.5 Å². The molecule has 1 amide bonds. The molecule has 8 heteroatoms. The van der Waals surface area contributed by atoms with Crippen LogP contribution in [0.3, 0.4) is 0 Å². The molecule has 1 unspecified atom stereocenters. The maximum Gasteiger partial charge on any atom is 0.263 e. The first-order valence-electron chi connectivity index (χ1n) is 11.6. The Balaban J connectivity index is 1.40. The normalized spacial score (nSPS) is 14.4. The number of aryl methyl sites for hydroxylation is 2. The van der Waals surface area contributed by atoms with Crippen LogP contribution in [0.2, 0.25) is 0 Å². The first kappa shape index (κ1) is 22.3. The summed E-state index contributed by atoms with van der Waals surface area (Å²) in [5, 5.41) is 6.90. The highest BCUT2D eigenvalue weighted by Crippen LogP contribution is 2.33. The molecule has 1 atom stereocenters. The van der Waals surface area contributed by atoms with Gasteiger partial charge in [-0.1, -0.05) is 30.3 Å². The number of aromatic nitrogens is 2. The minimum atomic E-state index is -0.750. The Morgan fingerprint density at radius 1 is 1.26 bits per heavy atom. The van der Waals surface area contributed by atoms with Gasteiger partial charge >= 0.3 is 0 Å². The lowest BCUT2D eigenvalue weighted by Gasteiger charge is -2.14. The molecule has 34 heavy (non-hydrogen) atoms. The number of hydrogen-bond acceptors (Lipinski definition) is 6. The van der Waals surface area contributed by atoms with Gasteiger partial charge in [0, 0.05) is 10.4 Å². The molecule has 0 spiro atoms. The average molecular weight is 475 g/mol. The molecule has 1 aliphatic rings. The molecule has 2 aromatic heterocycles. The molecule has 0 aliphatic heterocycles. The Morgan fingerprint density at radius 3 is 2.94 bits per heavy atom. The zero-order valence-electron chi connectivity index (χ0n) is 19.2. The second-order valence-electron chi connectivity index (χ2n) is 8.39. The number of hydrazone groups is 1. The third kappa shape index (κ3) is 3.98. The Kier molecular flexibility index (Phi) is 6.15. The average Bonchev–Trinajstić information content (AvgIpc) is 3.24. The van der Waals surface area contributed by atoms with Gasteiger partial charge in [-0.15, -0.1) is 11.3 Å². The third-order valence-corrected chi connectivity index (χ3v) is 7.50. The summed E-state index contributed by atoms with van der Waals surface area (Å²) >= 11 is 1.60. The van der Waals surface area contributed by atoms with E-state index in [9.17, 15) is 9.59 Å². The van der Waals surface area contributed by atoms with Crippen LogP contribution in [0.1, 0.15) is 48.7 Å². The van der Waals surface area contributed by atoms with Crippen LogP contribution in [-0.2, 0) is 17.6 Å². The number of carbonyl (C=O) groups excluding carboxylic acids is 1. The predicted molar refractivity (Wildman–Crippen MR) is 136 cm³/mol. The van der Waals surface area contributed by atoms with Gasteiger partial charge in [0.05, 0.1) is 24.5 Å². The van der Waals surface area contributed by atoms with Gasteiger partial charge in [-0.3, -0.25) is 14.2 Å². The van der Waals surface area contributed by atoms with Gasteiger partial charge < -0.3 is 4.74 Å². The SMILES string of the molecule is CCOc1ccc2ccccc2c1/C=N/NC(=O)C(C)n1cnc2sc3c(c2c1=O)CCCC3. The van der Waals surface area contributed by atoms with E-state index in [0.29, 0.717) is 17.7 Å². The molecule has 0 radical (unpaired) electrons. The first-order chi connectivity index (χ1) is 16.6. The van der Waals surface area contributed by atoms with Crippen molar-refractivity contribution in [2.45, 2.75) is 45.6 Å². The van der Waals surface area contributed by atoms with Gasteiger partial charge in [0.15, 0.2) is 0 Å². The van der Waals surface area contributed by atoms with E-state index >= 15 is 0 Å². The summed E-state index contributed by atoms with van der Waals surface area (Å²) in [6, 6.07) is 11.1. The quantitative estimate of drug-likeness (QED) is 0.327. The second-order valence-corrected chi connectivity index (χ2v) is 9.47. The van der Waals surface area contributed by atoms with Crippen molar-refractivity contribution in [3.8, 4) is 5.75 Å². The van der Waals surface area contributed by atoms with Crippen molar-refractivity contribution in [3.05, 3.63) is 69.1 Å². The number of hydrogen-bond donors (Lipinski definition) is 1. The number of amides is 1. The number of rotatable bonds is 6. The van der Waals surface area contributed by atoms with Crippen LogP contribution < -0.4 is 15.7 Å². The summed E-state index contributed by atoms with van der Waals surface area (Å²) < 4.78 is 7.16. The Labute approximate surface area is 201 Å². The van der Waals surface area contributed by atoms with Crippen molar-refractivity contribution in [3.63, 3.8) is 0 Å². The molecule has 0 bridgehead atoms. The standard InChI is InChI=1S/C26H26N4O3S/c1-3-33-21-13-12-17-8-4-5-9-18(17)20(21)14-28-29-24(31)16(2)30-15-27-25-23(26(30)32)19-10-6-7-11-22(19)34-25/h4-5,8-9,12-16H,3,6-7,10-11H2,1-2H3,(H,29,31)/b28-14+. The maximum atomic E-state index is 13.3. The molecule has 0 saturated heterocycles. The highest BCUT2D eigenvalue weighted by atomic mass is 32.1. The van der Waals surface area contributed by atoms with E-state index in [1.807, 2.05) is 43.3 Å². The predicted octanol–water partition coefficient (Wildman–Crippen LogP) is 4.60. The third-order valence-electron chi connectivity index (χ3n) is 6.30. The van der Waals surface area contributed by atoms with Gasteiger partial charge in [-0.25, -0.2) is 10.4 Å². The topological polar surface area (TPSA) is 85.6 Å². The van der Waals surface area contributed by atoms with Gasteiger partial charge in [0.2, 0.25) is 0 Å². The number of benzene rings is 2. The van der Waals surface area contributed by atoms with Gasteiger partial charge in [0.1, 0.15) is 16.6 Å². The molecule has 7 nitrogen and oxygen atoms in total. The number of ether oxygens (including phenoxy) is 1. The largest absolute Gasteiger partial charge is 0.493 e. The molecule has 174 valence electrons. The minimum absolute atomic E-state index is 0.163. The highest BCUT2D eigenvalue weighted by molar-refractivity contribution is 7.18. The van der Waals surface area contributed by atoms with Crippen molar-refractivity contribution in [1.29, 1.82) is 0 Å². The van der Waals surface area contributed by atoms with E-state index in [-0.39, 0.29) is 11.5 Å². The molecule has 5 rings (SSSR count). The first-order valence-corrected chi connectivity index (χ1v) is 12.4. The molecule has 4 aromatic rings. The van der Waals surface area contributed by atoms with Crippen molar-refractivity contribution < 1.29 is 9.53 Å². The monoisotopic (exact) mass is 474 g/mol. The van der Waals surface area contributed by atoms with E-state index < -0.39 is 6.04 Å². The lowest BCUT2D eigenvalue weighted by atomic mass is 9.97. The second kappa shape index (κ2) is 9.38. The Morgan fingerprint density at radius 2 is 2.09 bits per heavy atom. The van der Waals surface area contributed by atoms with Crippen LogP contribution in [0, 0.1) is 0 Å². The Bertz CT molecular complexity index is 1470. The molecular formula is C26H26N4O3S. The lowest BCUT2D eigenvalue weighted by molar-refractivity contribution is -0.123. The van der Waals surface area contributed by atoms with E-state index in [0.717, 1.165) is 52.4 Å². The fourth-order valence-corrected chi connectivity index (χ4v) is 5.72. The number of nitrogens with one attached hydrogen (secondary N) is 1. The maximum absolute atomic E-state index is 13.3. The molecule has 1 N–H and O–H groups in total. The van der Waals surface area contributed by atoms with Crippen molar-refractivity contribution in [1.82, 2.24) is 15.0 Å². The van der Waals surface area contributed by atoms with Crippen LogP contribution in [0.4, 0.5) is 0 Å². The molecular weight excluding hydrogens is 448 g/mol. The molecule has 2 heterocycles. The number of thiophene rings is 1. The Hall–Kier alpha value is -3.52. The lowest BCUT2D eigenvalue weighted by Crippen LogP contribution is -2.34. The molecule has 2 aromatic carbocycles. The zero-order valence-corrected chi connectivity index (χ0v) is 20.0. The van der Waals surface area contributed by atoms with Crippen LogP contribution in [0.15, 0.2) is 52.6 Å². The van der Waals surface area contributed by atoms with Gasteiger partial charge in [-0.2, -0.15) is 5.10 Å². The van der Waals surface area contributed by atoms with Gasteiger partial charge in [-0.05, 0) is 61.9 Å². The molecule has 0 saturated carbocycles. The number of carbonyl (C=O) groups is 1. The fraction of sp³-hybridized carbons (Fsp3) is 0.308. The van der Waals surface area contributed by atoms with Crippen molar-refractivity contribution in [2.75, 3.05) is 6.61 Å². The summed E-state index contributed by atoms with van der Waals surface area (Å²) in [5.74, 6) is 0.308. The number of nitrogens with zero attached hydrogens (tertiary/aromatic N) is 3. The van der Waals surface area contributed by atoms with Crippen LogP contribution >= 0.6 is 11.3 Å². The zero-order chi connectivity index (χ0) is 23.7. The summed E-state index contributed by atoms with van der Waals surface area (Å²) in [5.41, 5.74) is 4.33. The van der Waals surface area contributed by atoms with Crippen LogP contribution in [-0.4, -0.2) is 28.3 Å². The van der Waals surface area contributed by atoms with Crippen molar-refractivity contribution >= 4 is 44.4 Å². The van der Waals surface area contributed by atoms with Crippen molar-refractivity contribution in [2.24, 2.45) is 5.10 Å². The van der Waals surface area contributed by atoms with E-state index in [4.69, 9.17) is 4.74 Å².